The van der Waals surface area contributed by atoms with Crippen LogP contribution in [0.4, 0.5) is 0 Å². The molecule has 6 N–H and O–H groups in total. The standard InChI is InChI=1S/C61H107NO8/c1-3-5-7-9-11-13-15-17-19-21-23-24-25-26-27-28-29-30-31-32-33-35-37-39-41-43-45-47-49-51-57(65)62-54(53-69-61-60(68)59(67)58(66)56(52-63)70-61)55(64)50-48-46-44-42-40-38-36-34-22-20-18-16-14-12-10-8-6-4-2/h5,7,11,13,17,19,22-24,34,40,42,48,50,54-56,58-61,63-64,66-68H,3-4,6,8-10,12,14-16,18,20-21,25-33,35-39,41,43-47,49,51-53H2,1-2H3,(H,62,65)/b7-5-,13-11-,19-17-,24-23-,34-22+,42-40+,50-48+. The van der Waals surface area contributed by atoms with Gasteiger partial charge in [-0.25, -0.2) is 0 Å². The molecule has 0 aliphatic carbocycles. The van der Waals surface area contributed by atoms with Crippen molar-refractivity contribution in [1.82, 2.24) is 5.32 Å². The maximum atomic E-state index is 13.1. The van der Waals surface area contributed by atoms with Gasteiger partial charge < -0.3 is 40.3 Å². The highest BCUT2D eigenvalue weighted by Crippen LogP contribution is 2.23. The van der Waals surface area contributed by atoms with Crippen molar-refractivity contribution in [3.8, 4) is 0 Å². The number of allylic oxidation sites excluding steroid dienone is 13. The van der Waals surface area contributed by atoms with Crippen molar-refractivity contribution in [2.75, 3.05) is 13.2 Å². The number of unbranched alkanes of at least 4 members (excludes halogenated alkanes) is 26. The van der Waals surface area contributed by atoms with Crippen molar-refractivity contribution in [2.24, 2.45) is 0 Å². The molecule has 0 spiro atoms. The first kappa shape index (κ1) is 65.4. The summed E-state index contributed by atoms with van der Waals surface area (Å²) in [5, 5.41) is 54.5. The largest absolute Gasteiger partial charge is 0.394 e. The van der Waals surface area contributed by atoms with Crippen molar-refractivity contribution in [2.45, 2.75) is 281 Å². The Kier molecular flexibility index (Phi) is 46.6. The molecule has 9 nitrogen and oxygen atoms in total. The highest BCUT2D eigenvalue weighted by Gasteiger charge is 2.44. The van der Waals surface area contributed by atoms with E-state index in [1.54, 1.807) is 6.08 Å². The van der Waals surface area contributed by atoms with Gasteiger partial charge >= 0.3 is 0 Å². The van der Waals surface area contributed by atoms with E-state index in [1.165, 1.54) is 141 Å². The van der Waals surface area contributed by atoms with Gasteiger partial charge in [0.15, 0.2) is 6.29 Å². The van der Waals surface area contributed by atoms with Crippen LogP contribution in [0.2, 0.25) is 0 Å². The Balaban J connectivity index is 2.22. The molecule has 7 atom stereocenters. The number of aliphatic hydroxyl groups excluding tert-OH is 5. The topological polar surface area (TPSA) is 149 Å². The molecule has 0 bridgehead atoms. The van der Waals surface area contributed by atoms with Gasteiger partial charge in [0.25, 0.3) is 0 Å². The van der Waals surface area contributed by atoms with Crippen LogP contribution in [0.5, 0.6) is 0 Å². The van der Waals surface area contributed by atoms with Gasteiger partial charge in [-0.05, 0) is 83.5 Å². The highest BCUT2D eigenvalue weighted by molar-refractivity contribution is 5.76. The van der Waals surface area contributed by atoms with Gasteiger partial charge in [0, 0.05) is 6.42 Å². The summed E-state index contributed by atoms with van der Waals surface area (Å²) in [6.45, 7) is 3.65. The molecule has 70 heavy (non-hydrogen) atoms. The Morgan fingerprint density at radius 3 is 1.37 bits per heavy atom. The lowest BCUT2D eigenvalue weighted by Crippen LogP contribution is -2.60. The number of nitrogens with one attached hydrogen (secondary N) is 1. The van der Waals surface area contributed by atoms with Crippen LogP contribution in [-0.2, 0) is 14.3 Å². The molecule has 1 fully saturated rings. The molecule has 0 aromatic heterocycles. The molecule has 0 aromatic rings. The monoisotopic (exact) mass is 982 g/mol. The van der Waals surface area contributed by atoms with Crippen LogP contribution in [0.25, 0.3) is 0 Å². The van der Waals surface area contributed by atoms with E-state index in [0.717, 1.165) is 77.0 Å². The third-order valence-electron chi connectivity index (χ3n) is 13.2. The van der Waals surface area contributed by atoms with Crippen LogP contribution < -0.4 is 5.32 Å². The third kappa shape index (κ3) is 39.0. The summed E-state index contributed by atoms with van der Waals surface area (Å²) >= 11 is 0. The van der Waals surface area contributed by atoms with Crippen LogP contribution in [0.1, 0.15) is 239 Å². The smallest absolute Gasteiger partial charge is 0.220 e. The maximum absolute atomic E-state index is 13.1. The Morgan fingerprint density at radius 2 is 0.900 bits per heavy atom. The van der Waals surface area contributed by atoms with Crippen molar-refractivity contribution in [3.05, 3.63) is 85.1 Å². The van der Waals surface area contributed by atoms with Gasteiger partial charge in [0.2, 0.25) is 5.91 Å². The number of ether oxygens (including phenoxy) is 2. The van der Waals surface area contributed by atoms with Crippen molar-refractivity contribution >= 4 is 5.91 Å². The van der Waals surface area contributed by atoms with Crippen molar-refractivity contribution in [1.29, 1.82) is 0 Å². The zero-order valence-electron chi connectivity index (χ0n) is 44.7. The summed E-state index contributed by atoms with van der Waals surface area (Å²) in [6, 6.07) is -0.832. The van der Waals surface area contributed by atoms with Gasteiger partial charge in [-0.15, -0.1) is 0 Å². The van der Waals surface area contributed by atoms with Gasteiger partial charge in [-0.3, -0.25) is 4.79 Å². The molecule has 7 unspecified atom stereocenters. The summed E-state index contributed by atoms with van der Waals surface area (Å²) in [6.07, 6.45) is 63.6. The first-order chi connectivity index (χ1) is 34.3. The summed E-state index contributed by atoms with van der Waals surface area (Å²) in [5.41, 5.74) is 0. The van der Waals surface area contributed by atoms with E-state index < -0.39 is 49.5 Å². The molecule has 1 amide bonds. The van der Waals surface area contributed by atoms with E-state index in [4.69, 9.17) is 9.47 Å². The van der Waals surface area contributed by atoms with E-state index in [9.17, 15) is 30.3 Å². The minimum Gasteiger partial charge on any atom is -0.394 e. The number of hydrogen-bond donors (Lipinski definition) is 6. The summed E-state index contributed by atoms with van der Waals surface area (Å²) in [7, 11) is 0. The first-order valence-electron chi connectivity index (χ1n) is 28.8. The van der Waals surface area contributed by atoms with Gasteiger partial charge in [-0.1, -0.05) is 234 Å². The number of rotatable bonds is 48. The molecule has 404 valence electrons. The van der Waals surface area contributed by atoms with Crippen LogP contribution in [0.15, 0.2) is 85.1 Å². The minimum atomic E-state index is -1.58. The lowest BCUT2D eigenvalue weighted by molar-refractivity contribution is -0.302. The molecule has 1 heterocycles. The third-order valence-corrected chi connectivity index (χ3v) is 13.2. The molecule has 0 radical (unpaired) electrons. The number of carbonyl (C=O) groups is 1. The fourth-order valence-electron chi connectivity index (χ4n) is 8.65. The molecular formula is C61H107NO8. The predicted octanol–water partition coefficient (Wildman–Crippen LogP) is 14.2. The average Bonchev–Trinajstić information content (AvgIpc) is 3.36. The lowest BCUT2D eigenvalue weighted by atomic mass is 9.99. The summed E-state index contributed by atoms with van der Waals surface area (Å²) in [5.74, 6) is -0.192. The number of amides is 1. The number of carbonyl (C=O) groups excluding carboxylic acids is 1. The maximum Gasteiger partial charge on any atom is 0.220 e. The van der Waals surface area contributed by atoms with Gasteiger partial charge in [0.1, 0.15) is 24.4 Å². The van der Waals surface area contributed by atoms with Gasteiger partial charge in [0.05, 0.1) is 25.4 Å². The fourth-order valence-corrected chi connectivity index (χ4v) is 8.65. The highest BCUT2D eigenvalue weighted by atomic mass is 16.7. The Hall–Kier alpha value is -2.63. The molecule has 1 aliphatic rings. The molecule has 9 heteroatoms. The van der Waals surface area contributed by atoms with Crippen LogP contribution in [0.3, 0.4) is 0 Å². The second-order valence-corrected chi connectivity index (χ2v) is 19.7. The minimum absolute atomic E-state index is 0.192. The van der Waals surface area contributed by atoms with Crippen LogP contribution >= 0.6 is 0 Å². The van der Waals surface area contributed by atoms with Crippen molar-refractivity contribution < 1.29 is 39.8 Å². The number of hydrogen-bond acceptors (Lipinski definition) is 8. The second-order valence-electron chi connectivity index (χ2n) is 19.7. The van der Waals surface area contributed by atoms with Crippen LogP contribution in [-0.4, -0.2) is 87.5 Å². The fraction of sp³-hybridized carbons (Fsp3) is 0.754. The Labute approximate surface area is 429 Å². The molecule has 0 saturated carbocycles. The van der Waals surface area contributed by atoms with E-state index in [1.807, 2.05) is 6.08 Å². The SMILES string of the molecule is CC/C=C\C/C=C\C/C=C\C/C=C\CCCCCCCCCCCCCCCCCCC(=O)NC(COC1OC(CO)C(O)C(O)C1O)C(O)/C=C/CC/C=C/CC/C=C/CCCCCCCCCC. The predicted molar refractivity (Wildman–Crippen MR) is 295 cm³/mol. The molecule has 1 rings (SSSR count). The zero-order valence-corrected chi connectivity index (χ0v) is 44.7. The van der Waals surface area contributed by atoms with E-state index in [-0.39, 0.29) is 12.5 Å². The van der Waals surface area contributed by atoms with E-state index in [2.05, 4.69) is 92.1 Å². The van der Waals surface area contributed by atoms with E-state index in [0.29, 0.717) is 6.42 Å². The summed E-state index contributed by atoms with van der Waals surface area (Å²) < 4.78 is 11.2. The normalized spacial score (nSPS) is 20.0. The van der Waals surface area contributed by atoms with Gasteiger partial charge in [-0.2, -0.15) is 0 Å². The Morgan fingerprint density at radius 1 is 0.500 bits per heavy atom. The quantitative estimate of drug-likeness (QED) is 0.0261. The molecule has 0 aromatic carbocycles. The molecule has 1 aliphatic heterocycles. The van der Waals surface area contributed by atoms with Crippen LogP contribution in [0, 0.1) is 0 Å². The second kappa shape index (κ2) is 49.9. The average molecular weight is 983 g/mol. The zero-order chi connectivity index (χ0) is 50.8. The Bertz CT molecular complexity index is 1370. The molecule has 1 saturated heterocycles. The van der Waals surface area contributed by atoms with Crippen molar-refractivity contribution in [3.63, 3.8) is 0 Å². The van der Waals surface area contributed by atoms with E-state index >= 15 is 0 Å². The first-order valence-corrected chi connectivity index (χ1v) is 28.8. The lowest BCUT2D eigenvalue weighted by Gasteiger charge is -2.40. The summed E-state index contributed by atoms with van der Waals surface area (Å²) in [4.78, 5) is 13.1. The number of aliphatic hydroxyl groups is 5. The molecular weight excluding hydrogens is 875 g/mol.